The fourth-order valence-corrected chi connectivity index (χ4v) is 5.39. The average Bonchev–Trinajstić information content (AvgIpc) is 3.43. The summed E-state index contributed by atoms with van der Waals surface area (Å²) in [7, 11) is 1.51. The maximum Gasteiger partial charge on any atom is 0.354 e. The number of hydrogen-bond acceptors (Lipinski definition) is 8. The van der Waals surface area contributed by atoms with Crippen LogP contribution < -0.4 is 9.80 Å². The molecule has 10 nitrogen and oxygen atoms in total. The molecule has 0 radical (unpaired) electrons. The minimum atomic E-state index is -1.59. The zero-order valence-corrected chi connectivity index (χ0v) is 20.1. The number of aromatic nitrogens is 1. The second-order valence-electron chi connectivity index (χ2n) is 7.97. The smallest absolute Gasteiger partial charge is 0.354 e. The first-order valence-corrected chi connectivity index (χ1v) is 11.9. The van der Waals surface area contributed by atoms with Gasteiger partial charge in [0.15, 0.2) is 5.13 Å². The van der Waals surface area contributed by atoms with Crippen molar-refractivity contribution < 1.29 is 28.7 Å². The van der Waals surface area contributed by atoms with Crippen LogP contribution in [0.2, 0.25) is 0 Å². The SMILES string of the molecule is CCN(C(C)=O)c1nc(COC(=O)C23CCC(=O)N2c2ccccc2C(=O)N3CCOC)cs1. The van der Waals surface area contributed by atoms with Crippen LogP contribution >= 0.6 is 11.3 Å². The third-order valence-electron chi connectivity index (χ3n) is 6.04. The lowest BCUT2D eigenvalue weighted by Gasteiger charge is -2.48. The van der Waals surface area contributed by atoms with E-state index in [1.165, 1.54) is 40.1 Å². The van der Waals surface area contributed by atoms with Crippen molar-refractivity contribution in [2.24, 2.45) is 0 Å². The first kappa shape index (κ1) is 23.8. The molecule has 34 heavy (non-hydrogen) atoms. The number of fused-ring (bicyclic) bond motifs is 3. The number of thiazole rings is 1. The molecule has 3 heterocycles. The van der Waals surface area contributed by atoms with Gasteiger partial charge in [-0.3, -0.25) is 24.2 Å². The van der Waals surface area contributed by atoms with Crippen molar-refractivity contribution >= 4 is 45.8 Å². The molecule has 2 aromatic rings. The van der Waals surface area contributed by atoms with E-state index in [1.54, 1.807) is 29.6 Å². The highest BCUT2D eigenvalue weighted by Crippen LogP contribution is 2.45. The van der Waals surface area contributed by atoms with Crippen LogP contribution in [0.3, 0.4) is 0 Å². The lowest BCUT2D eigenvalue weighted by molar-refractivity contribution is -0.159. The molecule has 1 fully saturated rings. The molecule has 1 saturated heterocycles. The Kier molecular flexibility index (Phi) is 6.67. The third kappa shape index (κ3) is 3.84. The lowest BCUT2D eigenvalue weighted by Crippen LogP contribution is -2.68. The molecule has 0 saturated carbocycles. The van der Waals surface area contributed by atoms with E-state index in [4.69, 9.17) is 9.47 Å². The summed E-state index contributed by atoms with van der Waals surface area (Å²) in [6.45, 7) is 3.94. The molecule has 1 atom stereocenters. The Balaban J connectivity index is 1.64. The second-order valence-corrected chi connectivity index (χ2v) is 8.81. The predicted molar refractivity (Wildman–Crippen MR) is 124 cm³/mol. The Hall–Kier alpha value is -3.31. The highest BCUT2D eigenvalue weighted by Gasteiger charge is 2.61. The number of hydrogen-bond donors (Lipinski definition) is 0. The van der Waals surface area contributed by atoms with Gasteiger partial charge in [-0.1, -0.05) is 12.1 Å². The summed E-state index contributed by atoms with van der Waals surface area (Å²) in [5.41, 5.74) is -0.359. The fraction of sp³-hybridized carbons (Fsp3) is 0.435. The largest absolute Gasteiger partial charge is 0.456 e. The molecule has 0 bridgehead atoms. The van der Waals surface area contributed by atoms with Crippen LogP contribution in [-0.4, -0.2) is 66.0 Å². The summed E-state index contributed by atoms with van der Waals surface area (Å²) in [4.78, 5) is 60.5. The number of esters is 1. The number of benzene rings is 1. The highest BCUT2D eigenvalue weighted by atomic mass is 32.1. The summed E-state index contributed by atoms with van der Waals surface area (Å²) in [6, 6.07) is 6.76. The van der Waals surface area contributed by atoms with Crippen molar-refractivity contribution in [2.75, 3.05) is 36.6 Å². The number of ether oxygens (including phenoxy) is 2. The van der Waals surface area contributed by atoms with Crippen LogP contribution in [0.15, 0.2) is 29.6 Å². The summed E-state index contributed by atoms with van der Waals surface area (Å²) < 4.78 is 10.8. The maximum absolute atomic E-state index is 13.6. The van der Waals surface area contributed by atoms with E-state index < -0.39 is 11.6 Å². The lowest BCUT2D eigenvalue weighted by atomic mass is 9.96. The molecule has 1 unspecified atom stereocenters. The van der Waals surface area contributed by atoms with Crippen LogP contribution in [0.25, 0.3) is 0 Å². The van der Waals surface area contributed by atoms with Crippen LogP contribution in [0.5, 0.6) is 0 Å². The monoisotopic (exact) mass is 486 g/mol. The Morgan fingerprint density at radius 2 is 2.03 bits per heavy atom. The van der Waals surface area contributed by atoms with Gasteiger partial charge in [0.2, 0.25) is 17.5 Å². The number of methoxy groups -OCH3 is 1. The number of anilines is 2. The minimum absolute atomic E-state index is 0.102. The number of para-hydroxylation sites is 1. The summed E-state index contributed by atoms with van der Waals surface area (Å²) >= 11 is 1.28. The number of nitrogens with zero attached hydrogens (tertiary/aromatic N) is 4. The van der Waals surface area contributed by atoms with Gasteiger partial charge in [0, 0.05) is 45.3 Å². The number of amides is 3. The molecule has 0 spiro atoms. The van der Waals surface area contributed by atoms with E-state index in [2.05, 4.69) is 4.98 Å². The standard InChI is InChI=1S/C23H26N4O6S/c1-4-25(15(2)28)22-24-16(14-34-22)13-33-21(31)23-10-9-19(29)27(23)18-8-6-5-7-17(18)20(30)26(23)11-12-32-3/h5-8,14H,4,9-13H2,1-3H3. The quantitative estimate of drug-likeness (QED) is 0.526. The molecule has 11 heteroatoms. The van der Waals surface area contributed by atoms with Gasteiger partial charge in [-0.15, -0.1) is 11.3 Å². The zero-order valence-electron chi connectivity index (χ0n) is 19.3. The molecular weight excluding hydrogens is 460 g/mol. The fourth-order valence-electron chi connectivity index (χ4n) is 4.47. The van der Waals surface area contributed by atoms with Crippen LogP contribution in [0.1, 0.15) is 42.7 Å². The van der Waals surface area contributed by atoms with Crippen molar-refractivity contribution in [3.8, 4) is 0 Å². The van der Waals surface area contributed by atoms with Crippen LogP contribution in [0, 0.1) is 0 Å². The molecule has 2 aliphatic heterocycles. The number of rotatable bonds is 8. The van der Waals surface area contributed by atoms with Gasteiger partial charge in [0.05, 0.1) is 23.6 Å². The van der Waals surface area contributed by atoms with Crippen LogP contribution in [0.4, 0.5) is 10.8 Å². The molecule has 1 aromatic heterocycles. The molecule has 180 valence electrons. The van der Waals surface area contributed by atoms with E-state index in [0.717, 1.165) is 0 Å². The van der Waals surface area contributed by atoms with Crippen molar-refractivity contribution in [2.45, 2.75) is 39.0 Å². The molecule has 3 amide bonds. The Morgan fingerprint density at radius 3 is 2.74 bits per heavy atom. The third-order valence-corrected chi connectivity index (χ3v) is 6.95. The highest BCUT2D eigenvalue weighted by molar-refractivity contribution is 7.14. The molecule has 4 rings (SSSR count). The normalized spacial score (nSPS) is 19.1. The van der Waals surface area contributed by atoms with Gasteiger partial charge in [0.1, 0.15) is 6.61 Å². The van der Waals surface area contributed by atoms with E-state index in [-0.39, 0.29) is 50.3 Å². The van der Waals surface area contributed by atoms with Gasteiger partial charge >= 0.3 is 5.97 Å². The van der Waals surface area contributed by atoms with Crippen LogP contribution in [-0.2, 0) is 30.5 Å². The van der Waals surface area contributed by atoms with Crippen molar-refractivity contribution in [3.05, 3.63) is 40.9 Å². The van der Waals surface area contributed by atoms with Crippen molar-refractivity contribution in [1.29, 1.82) is 0 Å². The van der Waals surface area contributed by atoms with Gasteiger partial charge in [-0.25, -0.2) is 9.78 Å². The Bertz CT molecular complexity index is 1130. The van der Waals surface area contributed by atoms with Gasteiger partial charge in [0.25, 0.3) is 5.91 Å². The zero-order chi connectivity index (χ0) is 24.5. The molecule has 0 aliphatic carbocycles. The average molecular weight is 487 g/mol. The summed E-state index contributed by atoms with van der Waals surface area (Å²) in [5.74, 6) is -1.44. The number of carbonyl (C=O) groups excluding carboxylic acids is 4. The Labute approximate surface area is 201 Å². The van der Waals surface area contributed by atoms with E-state index in [9.17, 15) is 19.2 Å². The molecule has 1 aromatic carbocycles. The second kappa shape index (κ2) is 9.51. The first-order valence-electron chi connectivity index (χ1n) is 11.0. The van der Waals surface area contributed by atoms with Crippen molar-refractivity contribution in [1.82, 2.24) is 9.88 Å². The predicted octanol–water partition coefficient (Wildman–Crippen LogP) is 2.18. The topological polar surface area (TPSA) is 109 Å². The molecule has 0 N–H and O–H groups in total. The Morgan fingerprint density at radius 1 is 1.26 bits per heavy atom. The molecule has 2 aliphatic rings. The van der Waals surface area contributed by atoms with Gasteiger partial charge in [-0.2, -0.15) is 0 Å². The maximum atomic E-state index is 13.6. The van der Waals surface area contributed by atoms with Gasteiger partial charge < -0.3 is 14.4 Å². The van der Waals surface area contributed by atoms with E-state index in [1.807, 2.05) is 6.92 Å². The minimum Gasteiger partial charge on any atom is -0.456 e. The summed E-state index contributed by atoms with van der Waals surface area (Å²) in [5, 5.41) is 2.23. The number of carbonyl (C=O) groups is 4. The molecular formula is C23H26N4O6S. The van der Waals surface area contributed by atoms with Gasteiger partial charge in [-0.05, 0) is 19.1 Å². The van der Waals surface area contributed by atoms with E-state index >= 15 is 0 Å². The summed E-state index contributed by atoms with van der Waals surface area (Å²) in [6.07, 6.45) is 0.218. The first-order chi connectivity index (χ1) is 16.3. The van der Waals surface area contributed by atoms with Crippen molar-refractivity contribution in [3.63, 3.8) is 0 Å². The van der Waals surface area contributed by atoms with E-state index in [0.29, 0.717) is 28.6 Å².